The van der Waals surface area contributed by atoms with E-state index in [-0.39, 0.29) is 6.04 Å². The monoisotopic (exact) mass is 600 g/mol. The Balaban J connectivity index is 1.62. The molecular formula is C32H29IN2O2. The van der Waals surface area contributed by atoms with E-state index < -0.39 is 0 Å². The van der Waals surface area contributed by atoms with Crippen molar-refractivity contribution in [2.24, 2.45) is 4.99 Å². The smallest absolute Gasteiger partial charge is 0.294 e. The highest BCUT2D eigenvalue weighted by Gasteiger charge is 2.39. The second kappa shape index (κ2) is 11.6. The molecule has 1 aliphatic rings. The van der Waals surface area contributed by atoms with Gasteiger partial charge in [0.15, 0.2) is 0 Å². The highest BCUT2D eigenvalue weighted by atomic mass is 127. The molecule has 5 rings (SSSR count). The van der Waals surface area contributed by atoms with Gasteiger partial charge < -0.3 is 14.4 Å². The molecule has 5 heteroatoms. The van der Waals surface area contributed by atoms with Crippen molar-refractivity contribution in [1.29, 1.82) is 0 Å². The van der Waals surface area contributed by atoms with Crippen LogP contribution in [0.5, 0.6) is 5.75 Å². The molecule has 0 N–H and O–H groups in total. The van der Waals surface area contributed by atoms with Crippen LogP contribution < -0.4 is 4.74 Å². The minimum absolute atomic E-state index is 0.131. The largest absolute Gasteiger partial charge is 0.497 e. The lowest BCUT2D eigenvalue weighted by Gasteiger charge is -2.25. The van der Waals surface area contributed by atoms with Crippen molar-refractivity contribution in [1.82, 2.24) is 4.90 Å². The van der Waals surface area contributed by atoms with Crippen molar-refractivity contribution in [3.8, 4) is 5.75 Å². The summed E-state index contributed by atoms with van der Waals surface area (Å²) >= 11 is 2.41. The van der Waals surface area contributed by atoms with Crippen molar-refractivity contribution in [2.75, 3.05) is 7.11 Å². The van der Waals surface area contributed by atoms with Crippen LogP contribution in [0.2, 0.25) is 0 Å². The van der Waals surface area contributed by atoms with Crippen molar-refractivity contribution in [3.05, 3.63) is 143 Å². The number of methoxy groups -OCH3 is 1. The molecule has 1 aliphatic heterocycles. The zero-order valence-corrected chi connectivity index (χ0v) is 23.1. The first kappa shape index (κ1) is 25.1. The molecule has 37 heavy (non-hydrogen) atoms. The average Bonchev–Trinajstić information content (AvgIpc) is 3.31. The molecule has 0 aromatic heterocycles. The average molecular weight is 601 g/mol. The summed E-state index contributed by atoms with van der Waals surface area (Å²) in [6.45, 7) is 3.33. The van der Waals surface area contributed by atoms with E-state index in [4.69, 9.17) is 14.5 Å². The number of halogens is 1. The third-order valence-electron chi connectivity index (χ3n) is 6.40. The van der Waals surface area contributed by atoms with Crippen molar-refractivity contribution < 1.29 is 9.47 Å². The molecule has 4 aromatic rings. The van der Waals surface area contributed by atoms with Gasteiger partial charge in [-0.3, -0.25) is 0 Å². The molecule has 186 valence electrons. The lowest BCUT2D eigenvalue weighted by molar-refractivity contribution is 0.367. The third kappa shape index (κ3) is 5.88. The normalized spacial score (nSPS) is 17.5. The van der Waals surface area contributed by atoms with Crippen molar-refractivity contribution in [3.63, 3.8) is 0 Å². The Morgan fingerprint density at radius 2 is 1.49 bits per heavy atom. The Morgan fingerprint density at radius 1 is 0.838 bits per heavy atom. The number of benzene rings is 4. The fourth-order valence-corrected chi connectivity index (χ4v) is 5.15. The van der Waals surface area contributed by atoms with Gasteiger partial charge in [-0.2, -0.15) is 0 Å². The van der Waals surface area contributed by atoms with Crippen LogP contribution in [0, 0.1) is 6.92 Å². The van der Waals surface area contributed by atoms with E-state index in [1.54, 1.807) is 7.11 Å². The number of nitrogens with zero attached hydrogens (tertiary/aromatic N) is 2. The highest BCUT2D eigenvalue weighted by molar-refractivity contribution is 14.1. The molecule has 4 aromatic carbocycles. The fraction of sp³-hybridized carbons (Fsp3) is 0.156. The van der Waals surface area contributed by atoms with E-state index in [0.717, 1.165) is 31.8 Å². The first-order chi connectivity index (χ1) is 18.1. The van der Waals surface area contributed by atoms with Crippen molar-refractivity contribution >= 4 is 32.2 Å². The van der Waals surface area contributed by atoms with E-state index in [9.17, 15) is 0 Å². The molecule has 1 saturated heterocycles. The van der Waals surface area contributed by atoms with Crippen LogP contribution in [0.1, 0.15) is 33.9 Å². The number of amidine groups is 1. The van der Waals surface area contributed by atoms with E-state index in [0.29, 0.717) is 19.1 Å². The van der Waals surface area contributed by atoms with Crippen LogP contribution in [-0.2, 0) is 17.8 Å². The summed E-state index contributed by atoms with van der Waals surface area (Å²) in [5.41, 5.74) is 5.83. The Kier molecular flexibility index (Phi) is 7.90. The molecule has 1 heterocycles. The molecule has 1 unspecified atom stereocenters. The Morgan fingerprint density at radius 3 is 2.14 bits per heavy atom. The molecular weight excluding hydrogens is 571 g/mol. The molecule has 0 spiro atoms. The van der Waals surface area contributed by atoms with Crippen LogP contribution >= 0.6 is 22.6 Å². The number of aliphatic imine (C=N–C) groups is 1. The molecule has 0 bridgehead atoms. The van der Waals surface area contributed by atoms with Gasteiger partial charge in [0.05, 0.1) is 17.2 Å². The van der Waals surface area contributed by atoms with Gasteiger partial charge >= 0.3 is 0 Å². The summed E-state index contributed by atoms with van der Waals surface area (Å²) in [5.74, 6) is 1.71. The van der Waals surface area contributed by atoms with E-state index in [2.05, 4.69) is 107 Å². The summed E-state index contributed by atoms with van der Waals surface area (Å²) < 4.78 is 13.2. The highest BCUT2D eigenvalue weighted by Crippen LogP contribution is 2.44. The van der Waals surface area contributed by atoms with E-state index in [1.165, 1.54) is 11.1 Å². The van der Waals surface area contributed by atoms with Crippen LogP contribution in [0.25, 0.3) is 3.58 Å². The number of hydrogen-bond acceptors (Lipinski definition) is 3. The third-order valence-corrected chi connectivity index (χ3v) is 7.55. The summed E-state index contributed by atoms with van der Waals surface area (Å²) in [7, 11) is 1.69. The maximum absolute atomic E-state index is 6.65. The molecule has 0 aliphatic carbocycles. The second-order valence-corrected chi connectivity index (χ2v) is 10.1. The van der Waals surface area contributed by atoms with Crippen LogP contribution in [0.4, 0.5) is 0 Å². The van der Waals surface area contributed by atoms with Crippen LogP contribution in [0.3, 0.4) is 0 Å². The summed E-state index contributed by atoms with van der Waals surface area (Å²) in [6.07, 6.45) is 0. The summed E-state index contributed by atoms with van der Waals surface area (Å²) in [4.78, 5) is 7.25. The number of hydrogen-bond donors (Lipinski definition) is 0. The van der Waals surface area contributed by atoms with Gasteiger partial charge in [0, 0.05) is 6.54 Å². The quantitative estimate of drug-likeness (QED) is 0.202. The second-order valence-electron chi connectivity index (χ2n) is 9.02. The van der Waals surface area contributed by atoms with E-state index in [1.807, 2.05) is 36.4 Å². The maximum Gasteiger partial charge on any atom is 0.294 e. The molecule has 0 amide bonds. The number of rotatable bonds is 7. The van der Waals surface area contributed by atoms with Gasteiger partial charge in [0.1, 0.15) is 17.6 Å². The zero-order valence-electron chi connectivity index (χ0n) is 21.0. The lowest BCUT2D eigenvalue weighted by Crippen LogP contribution is -2.28. The molecule has 0 saturated carbocycles. The standard InChI is InChI=1S/C32H29IN2O2/c1-23-13-15-25(16-14-23)22-35-30(27-17-19-28(36-2)20-18-27)31(29(33)26-11-7-4-8-12-26)37-32(35)34-21-24-9-5-3-6-10-24/h3-20,30H,21-22H2,1-2H3/b31-29+,34-32?. The Bertz CT molecular complexity index is 1380. The van der Waals surface area contributed by atoms with Gasteiger partial charge in [-0.25, -0.2) is 4.99 Å². The first-order valence-electron chi connectivity index (χ1n) is 12.3. The lowest BCUT2D eigenvalue weighted by atomic mass is 10.0. The topological polar surface area (TPSA) is 34.1 Å². The number of aryl methyl sites for hydroxylation is 1. The molecule has 1 atom stereocenters. The van der Waals surface area contributed by atoms with Crippen LogP contribution in [-0.4, -0.2) is 18.0 Å². The minimum atomic E-state index is -0.131. The first-order valence-corrected chi connectivity index (χ1v) is 13.4. The molecule has 4 nitrogen and oxygen atoms in total. The molecule has 0 radical (unpaired) electrons. The summed E-state index contributed by atoms with van der Waals surface area (Å²) in [5, 5.41) is 0. The van der Waals surface area contributed by atoms with Gasteiger partial charge in [-0.15, -0.1) is 0 Å². The predicted octanol–water partition coefficient (Wildman–Crippen LogP) is 7.94. The van der Waals surface area contributed by atoms with Crippen LogP contribution in [0.15, 0.2) is 120 Å². The van der Waals surface area contributed by atoms with Gasteiger partial charge in [-0.05, 0) is 63.9 Å². The summed E-state index contributed by atoms with van der Waals surface area (Å²) in [6, 6.07) is 38.1. The zero-order chi connectivity index (χ0) is 25.6. The van der Waals surface area contributed by atoms with Gasteiger partial charge in [0.2, 0.25) is 0 Å². The Hall–Kier alpha value is -3.58. The maximum atomic E-state index is 6.65. The Labute approximate surface area is 232 Å². The SMILES string of the molecule is COc1ccc(C2/C(=C(\I)c3ccccc3)OC(=NCc3ccccc3)N2Cc2ccc(C)cc2)cc1. The number of ether oxygens (including phenoxy) is 2. The van der Waals surface area contributed by atoms with Gasteiger partial charge in [0.25, 0.3) is 6.02 Å². The minimum Gasteiger partial charge on any atom is -0.497 e. The predicted molar refractivity (Wildman–Crippen MR) is 159 cm³/mol. The van der Waals surface area contributed by atoms with Crippen molar-refractivity contribution in [2.45, 2.75) is 26.1 Å². The van der Waals surface area contributed by atoms with E-state index >= 15 is 0 Å². The fourth-order valence-electron chi connectivity index (χ4n) is 4.39. The molecule has 1 fully saturated rings. The van der Waals surface area contributed by atoms with Gasteiger partial charge in [-0.1, -0.05) is 103 Å².